The summed E-state index contributed by atoms with van der Waals surface area (Å²) in [7, 11) is -0.978. The summed E-state index contributed by atoms with van der Waals surface area (Å²) in [5, 5.41) is 10.7. The van der Waals surface area contributed by atoms with Crippen molar-refractivity contribution < 1.29 is 23.0 Å². The highest BCUT2D eigenvalue weighted by atomic mass is 19.2. The van der Waals surface area contributed by atoms with Crippen molar-refractivity contribution in [3.63, 3.8) is 0 Å². The molecule has 1 aliphatic rings. The molecule has 1 fully saturated rings. The molecule has 0 bridgehead atoms. The van der Waals surface area contributed by atoms with Crippen LogP contribution in [0.2, 0.25) is 0 Å². The van der Waals surface area contributed by atoms with Gasteiger partial charge < -0.3 is 9.31 Å². The third kappa shape index (κ3) is 2.29. The quantitative estimate of drug-likeness (QED) is 0.474. The van der Waals surface area contributed by atoms with Gasteiger partial charge in [0.2, 0.25) is 5.82 Å². The predicted octanol–water partition coefficient (Wildman–Crippen LogP) is 2.17. The fourth-order valence-electron chi connectivity index (χ4n) is 1.84. The predicted molar refractivity (Wildman–Crippen MR) is 68.7 cm³/mol. The Hall–Kier alpha value is -1.54. The van der Waals surface area contributed by atoms with Crippen LogP contribution in [0.5, 0.6) is 0 Å². The summed E-state index contributed by atoms with van der Waals surface area (Å²) in [5.74, 6) is -2.79. The van der Waals surface area contributed by atoms with E-state index in [1.165, 1.54) is 0 Å². The molecule has 5 nitrogen and oxygen atoms in total. The molecule has 2 rings (SSSR count). The van der Waals surface area contributed by atoms with Crippen molar-refractivity contribution in [1.82, 2.24) is 0 Å². The maximum absolute atomic E-state index is 13.4. The molecular formula is C12H14BF2NO4. The van der Waals surface area contributed by atoms with Crippen molar-refractivity contribution in [3.05, 3.63) is 33.9 Å². The smallest absolute Gasteiger partial charge is 0.399 e. The topological polar surface area (TPSA) is 61.6 Å². The number of halogens is 2. The van der Waals surface area contributed by atoms with Crippen LogP contribution in [0.1, 0.15) is 27.7 Å². The van der Waals surface area contributed by atoms with Crippen LogP contribution in [-0.2, 0) is 9.31 Å². The lowest BCUT2D eigenvalue weighted by molar-refractivity contribution is -0.387. The normalized spacial score (nSPS) is 20.2. The van der Waals surface area contributed by atoms with E-state index in [1.807, 2.05) is 0 Å². The molecule has 20 heavy (non-hydrogen) atoms. The van der Waals surface area contributed by atoms with Crippen molar-refractivity contribution in [3.8, 4) is 0 Å². The van der Waals surface area contributed by atoms with E-state index in [4.69, 9.17) is 9.31 Å². The minimum Gasteiger partial charge on any atom is -0.399 e. The molecule has 0 spiro atoms. The Morgan fingerprint density at radius 3 is 2.10 bits per heavy atom. The Kier molecular flexibility index (Phi) is 3.34. The van der Waals surface area contributed by atoms with E-state index in [0.29, 0.717) is 0 Å². The zero-order valence-electron chi connectivity index (χ0n) is 11.6. The fourth-order valence-corrected chi connectivity index (χ4v) is 1.84. The van der Waals surface area contributed by atoms with Crippen molar-refractivity contribution in [2.75, 3.05) is 0 Å². The second kappa shape index (κ2) is 4.49. The van der Waals surface area contributed by atoms with E-state index in [9.17, 15) is 18.9 Å². The van der Waals surface area contributed by atoms with Crippen LogP contribution in [-0.4, -0.2) is 23.2 Å². The highest BCUT2D eigenvalue weighted by molar-refractivity contribution is 6.62. The second-order valence-corrected chi connectivity index (χ2v) is 5.68. The van der Waals surface area contributed by atoms with Crippen molar-refractivity contribution >= 4 is 18.3 Å². The maximum atomic E-state index is 13.4. The molecule has 1 heterocycles. The van der Waals surface area contributed by atoms with E-state index in [1.54, 1.807) is 27.7 Å². The van der Waals surface area contributed by atoms with Gasteiger partial charge in [0.1, 0.15) is 0 Å². The molecule has 1 aromatic rings. The summed E-state index contributed by atoms with van der Waals surface area (Å²) in [6.45, 7) is 7.17. The van der Waals surface area contributed by atoms with Crippen molar-refractivity contribution in [1.29, 1.82) is 0 Å². The molecule has 1 aromatic carbocycles. The molecule has 0 N–H and O–H groups in total. The van der Waals surface area contributed by atoms with E-state index < -0.39 is 40.6 Å². The number of nitro benzene ring substituents is 1. The van der Waals surface area contributed by atoms with Gasteiger partial charge in [-0.15, -0.1) is 0 Å². The summed E-state index contributed by atoms with van der Waals surface area (Å²) >= 11 is 0. The minimum absolute atomic E-state index is 0.0780. The van der Waals surface area contributed by atoms with E-state index in [0.717, 1.165) is 12.1 Å². The van der Waals surface area contributed by atoms with E-state index >= 15 is 0 Å². The summed E-state index contributed by atoms with van der Waals surface area (Å²) in [6, 6.07) is 1.78. The molecule has 0 amide bonds. The van der Waals surface area contributed by atoms with Gasteiger partial charge in [-0.1, -0.05) is 0 Å². The molecule has 1 saturated heterocycles. The molecule has 8 heteroatoms. The van der Waals surface area contributed by atoms with Gasteiger partial charge in [0, 0.05) is 6.07 Å². The van der Waals surface area contributed by atoms with Gasteiger partial charge in [0.05, 0.1) is 16.1 Å². The number of hydrogen-bond acceptors (Lipinski definition) is 4. The standard InChI is InChI=1S/C12H14BF2NO4/c1-11(2)12(3,4)20-13(19-11)7-5-8(14)10(15)9(6-7)16(17)18/h5-6H,1-4H3. The number of nitrogens with zero attached hydrogens (tertiary/aromatic N) is 1. The first-order valence-electron chi connectivity index (χ1n) is 6.04. The summed E-state index contributed by atoms with van der Waals surface area (Å²) in [6.07, 6.45) is 0. The number of rotatable bonds is 2. The van der Waals surface area contributed by atoms with Gasteiger partial charge in [0.15, 0.2) is 5.82 Å². The van der Waals surface area contributed by atoms with Crippen LogP contribution in [0, 0.1) is 21.7 Å². The number of benzene rings is 1. The minimum atomic E-state index is -1.49. The van der Waals surface area contributed by atoms with Crippen LogP contribution >= 0.6 is 0 Å². The first-order valence-corrected chi connectivity index (χ1v) is 6.04. The summed E-state index contributed by atoms with van der Waals surface area (Å²) in [5.41, 5.74) is -2.20. The van der Waals surface area contributed by atoms with Crippen molar-refractivity contribution in [2.24, 2.45) is 0 Å². The molecule has 0 atom stereocenters. The molecule has 0 aliphatic carbocycles. The Labute approximate surface area is 115 Å². The molecular weight excluding hydrogens is 271 g/mol. The van der Waals surface area contributed by atoms with Crippen molar-refractivity contribution in [2.45, 2.75) is 38.9 Å². The molecule has 0 radical (unpaired) electrons. The lowest BCUT2D eigenvalue weighted by Crippen LogP contribution is -2.41. The number of nitro groups is 1. The van der Waals surface area contributed by atoms with Crippen LogP contribution < -0.4 is 5.46 Å². The molecule has 108 valence electrons. The SMILES string of the molecule is CC1(C)OB(c2cc(F)c(F)c([N+](=O)[O-])c2)OC1(C)C. The third-order valence-electron chi connectivity index (χ3n) is 3.75. The first-order chi connectivity index (χ1) is 9.05. The lowest BCUT2D eigenvalue weighted by atomic mass is 9.79. The van der Waals surface area contributed by atoms with Gasteiger partial charge in [0.25, 0.3) is 0 Å². The van der Waals surface area contributed by atoms with E-state index in [-0.39, 0.29) is 5.46 Å². The van der Waals surface area contributed by atoms with Crippen LogP contribution in [0.25, 0.3) is 0 Å². The molecule has 0 aromatic heterocycles. The largest absolute Gasteiger partial charge is 0.495 e. The monoisotopic (exact) mass is 285 g/mol. The maximum Gasteiger partial charge on any atom is 0.495 e. The van der Waals surface area contributed by atoms with Gasteiger partial charge in [-0.05, 0) is 39.2 Å². The summed E-state index contributed by atoms with van der Waals surface area (Å²) in [4.78, 5) is 9.73. The van der Waals surface area contributed by atoms with Crippen LogP contribution in [0.15, 0.2) is 12.1 Å². The Morgan fingerprint density at radius 1 is 1.15 bits per heavy atom. The van der Waals surface area contributed by atoms with Crippen LogP contribution in [0.4, 0.5) is 14.5 Å². The molecule has 1 aliphatic heterocycles. The Bertz CT molecular complexity index is 561. The van der Waals surface area contributed by atoms with Gasteiger partial charge >= 0.3 is 12.8 Å². The fraction of sp³-hybridized carbons (Fsp3) is 0.500. The van der Waals surface area contributed by atoms with Gasteiger partial charge in [-0.25, -0.2) is 4.39 Å². The summed E-state index contributed by atoms with van der Waals surface area (Å²) < 4.78 is 38.1. The lowest BCUT2D eigenvalue weighted by Gasteiger charge is -2.32. The first kappa shape index (κ1) is 14.9. The average molecular weight is 285 g/mol. The molecule has 0 unspecified atom stereocenters. The zero-order valence-corrected chi connectivity index (χ0v) is 11.6. The third-order valence-corrected chi connectivity index (χ3v) is 3.75. The highest BCUT2D eigenvalue weighted by Gasteiger charge is 2.52. The van der Waals surface area contributed by atoms with Gasteiger partial charge in [-0.2, -0.15) is 4.39 Å². The second-order valence-electron chi connectivity index (χ2n) is 5.68. The zero-order chi connectivity index (χ0) is 15.3. The van der Waals surface area contributed by atoms with Crippen LogP contribution in [0.3, 0.4) is 0 Å². The van der Waals surface area contributed by atoms with E-state index in [2.05, 4.69) is 0 Å². The van der Waals surface area contributed by atoms with Gasteiger partial charge in [-0.3, -0.25) is 10.1 Å². The Morgan fingerprint density at radius 2 is 1.65 bits per heavy atom. The highest BCUT2D eigenvalue weighted by Crippen LogP contribution is 2.36. The Balaban J connectivity index is 2.43. The molecule has 0 saturated carbocycles. The average Bonchev–Trinajstić information content (AvgIpc) is 2.51. The number of hydrogen-bond donors (Lipinski definition) is 0.